The lowest BCUT2D eigenvalue weighted by molar-refractivity contribution is 0.0429. The summed E-state index contributed by atoms with van der Waals surface area (Å²) in [6.07, 6.45) is 2.44. The van der Waals surface area contributed by atoms with E-state index in [0.29, 0.717) is 13.2 Å². The predicted octanol–water partition coefficient (Wildman–Crippen LogP) is 0.868. The van der Waals surface area contributed by atoms with Crippen molar-refractivity contribution >= 4 is 5.84 Å². The molecule has 0 amide bonds. The molecule has 0 saturated carbocycles. The number of rotatable bonds is 10. The Kier molecular flexibility index (Phi) is 8.71. The van der Waals surface area contributed by atoms with Gasteiger partial charge in [0.1, 0.15) is 5.84 Å². The van der Waals surface area contributed by atoms with Gasteiger partial charge in [0, 0.05) is 19.1 Å². The van der Waals surface area contributed by atoms with Crippen molar-refractivity contribution in [2.45, 2.75) is 39.2 Å². The highest BCUT2D eigenvalue weighted by Crippen LogP contribution is 2.23. The van der Waals surface area contributed by atoms with Gasteiger partial charge in [-0.1, -0.05) is 25.4 Å². The lowest BCUT2D eigenvalue weighted by Gasteiger charge is -2.24. The van der Waals surface area contributed by atoms with Gasteiger partial charge < -0.3 is 25.7 Å². The number of ether oxygens (including phenoxy) is 1. The maximum absolute atomic E-state index is 9.58. The van der Waals surface area contributed by atoms with E-state index in [0.717, 1.165) is 25.8 Å². The average Bonchev–Trinajstić information content (AvgIpc) is 2.33. The van der Waals surface area contributed by atoms with E-state index in [1.807, 2.05) is 20.9 Å². The quantitative estimate of drug-likeness (QED) is 0.181. The lowest BCUT2D eigenvalue weighted by Crippen LogP contribution is -2.33. The number of nitrogens with zero attached hydrogens (tertiary/aromatic N) is 2. The molecule has 0 radical (unpaired) electrons. The summed E-state index contributed by atoms with van der Waals surface area (Å²) in [5.41, 5.74) is 5.36. The summed E-state index contributed by atoms with van der Waals surface area (Å²) in [6, 6.07) is 0. The smallest absolute Gasteiger partial charge is 0.144 e. The van der Waals surface area contributed by atoms with Crippen LogP contribution in [0.1, 0.15) is 33.1 Å². The summed E-state index contributed by atoms with van der Waals surface area (Å²) in [5, 5.41) is 21.3. The van der Waals surface area contributed by atoms with Crippen molar-refractivity contribution in [2.24, 2.45) is 16.3 Å². The molecule has 0 aliphatic rings. The maximum Gasteiger partial charge on any atom is 0.144 e. The molecule has 0 aromatic carbocycles. The minimum atomic E-state index is -0.441. The Balaban J connectivity index is 3.80. The molecule has 0 aliphatic carbocycles. The van der Waals surface area contributed by atoms with Gasteiger partial charge in [0.15, 0.2) is 0 Å². The molecule has 1 unspecified atom stereocenters. The molecule has 0 aromatic heterocycles. The Morgan fingerprint density at radius 2 is 2.05 bits per heavy atom. The minimum Gasteiger partial charge on any atom is -0.409 e. The Morgan fingerprint density at radius 1 is 1.42 bits per heavy atom. The average molecular weight is 275 g/mol. The number of hydrogen-bond acceptors (Lipinski definition) is 5. The summed E-state index contributed by atoms with van der Waals surface area (Å²) in [5.74, 6) is 0.274. The van der Waals surface area contributed by atoms with Gasteiger partial charge in [0.2, 0.25) is 0 Å². The second kappa shape index (κ2) is 9.12. The summed E-state index contributed by atoms with van der Waals surface area (Å²) in [6.45, 7) is 5.81. The van der Waals surface area contributed by atoms with E-state index in [-0.39, 0.29) is 11.3 Å². The van der Waals surface area contributed by atoms with Crippen LogP contribution >= 0.6 is 0 Å². The molecule has 0 spiro atoms. The first kappa shape index (κ1) is 18.1. The lowest BCUT2D eigenvalue weighted by atomic mass is 9.86. The van der Waals surface area contributed by atoms with Crippen LogP contribution in [0.5, 0.6) is 0 Å². The van der Waals surface area contributed by atoms with Crippen molar-refractivity contribution < 1.29 is 15.1 Å². The number of amidine groups is 1. The van der Waals surface area contributed by atoms with Gasteiger partial charge in [-0.05, 0) is 26.4 Å². The van der Waals surface area contributed by atoms with Crippen molar-refractivity contribution in [3.05, 3.63) is 0 Å². The number of likely N-dealkylation sites (N-methyl/N-ethyl adjacent to an activating group) is 1. The van der Waals surface area contributed by atoms with Gasteiger partial charge in [-0.2, -0.15) is 0 Å². The second-order valence-corrected chi connectivity index (χ2v) is 5.70. The summed E-state index contributed by atoms with van der Waals surface area (Å²) in [4.78, 5) is 2.08. The number of aliphatic hydroxyl groups is 1. The Labute approximate surface area is 116 Å². The van der Waals surface area contributed by atoms with Gasteiger partial charge >= 0.3 is 0 Å². The predicted molar refractivity (Wildman–Crippen MR) is 76.4 cm³/mol. The first-order valence-electron chi connectivity index (χ1n) is 6.67. The molecule has 0 heterocycles. The van der Waals surface area contributed by atoms with Gasteiger partial charge in [-0.15, -0.1) is 0 Å². The summed E-state index contributed by atoms with van der Waals surface area (Å²) >= 11 is 0. The molecule has 6 nitrogen and oxygen atoms in total. The fourth-order valence-electron chi connectivity index (χ4n) is 1.91. The maximum atomic E-state index is 9.58. The van der Waals surface area contributed by atoms with Crippen molar-refractivity contribution in [1.29, 1.82) is 0 Å². The first-order valence-corrected chi connectivity index (χ1v) is 6.67. The number of hydrogen-bond donors (Lipinski definition) is 3. The topological polar surface area (TPSA) is 91.3 Å². The number of aliphatic hydroxyl groups excluding tert-OH is 1. The monoisotopic (exact) mass is 275 g/mol. The van der Waals surface area contributed by atoms with Crippen LogP contribution in [0, 0.1) is 5.41 Å². The van der Waals surface area contributed by atoms with Crippen LogP contribution in [-0.2, 0) is 4.74 Å². The van der Waals surface area contributed by atoms with Crippen LogP contribution in [-0.4, -0.2) is 61.0 Å². The van der Waals surface area contributed by atoms with E-state index in [1.165, 1.54) is 0 Å². The zero-order valence-corrected chi connectivity index (χ0v) is 12.6. The third kappa shape index (κ3) is 8.02. The zero-order chi connectivity index (χ0) is 14.9. The number of unbranched alkanes of at least 4 members (excludes halogenated alkanes) is 1. The fraction of sp³-hybridized carbons (Fsp3) is 0.923. The van der Waals surface area contributed by atoms with Crippen LogP contribution in [0.2, 0.25) is 0 Å². The summed E-state index contributed by atoms with van der Waals surface area (Å²) in [7, 11) is 3.56. The second-order valence-electron chi connectivity index (χ2n) is 5.70. The van der Waals surface area contributed by atoms with Crippen molar-refractivity contribution in [2.75, 3.05) is 33.9 Å². The van der Waals surface area contributed by atoms with Crippen LogP contribution < -0.4 is 5.73 Å². The van der Waals surface area contributed by atoms with E-state index < -0.39 is 6.10 Å². The van der Waals surface area contributed by atoms with Gasteiger partial charge in [-0.25, -0.2) is 0 Å². The number of oxime groups is 1. The van der Waals surface area contributed by atoms with Crippen LogP contribution in [0.4, 0.5) is 0 Å². The van der Waals surface area contributed by atoms with Crippen molar-refractivity contribution in [1.82, 2.24) is 4.90 Å². The van der Waals surface area contributed by atoms with Crippen molar-refractivity contribution in [3.8, 4) is 0 Å². The Bertz CT molecular complexity index is 270. The highest BCUT2D eigenvalue weighted by Gasteiger charge is 2.22. The van der Waals surface area contributed by atoms with Crippen molar-refractivity contribution in [3.63, 3.8) is 0 Å². The minimum absolute atomic E-state index is 0.274. The summed E-state index contributed by atoms with van der Waals surface area (Å²) < 4.78 is 4.89. The van der Waals surface area contributed by atoms with Gasteiger partial charge in [-0.3, -0.25) is 0 Å². The van der Waals surface area contributed by atoms with Gasteiger partial charge in [0.25, 0.3) is 0 Å². The van der Waals surface area contributed by atoms with E-state index in [4.69, 9.17) is 15.7 Å². The molecule has 0 fully saturated rings. The van der Waals surface area contributed by atoms with Crippen LogP contribution in [0.3, 0.4) is 0 Å². The molecule has 114 valence electrons. The van der Waals surface area contributed by atoms with Crippen LogP contribution in [0.25, 0.3) is 0 Å². The highest BCUT2D eigenvalue weighted by molar-refractivity contribution is 5.85. The SMILES string of the molecule is COCC(O)CN(C)CCCCC(C)(C)C(N)=NO. The fourth-order valence-corrected chi connectivity index (χ4v) is 1.91. The molecule has 0 rings (SSSR count). The number of nitrogens with two attached hydrogens (primary N) is 1. The molecule has 0 bridgehead atoms. The molecule has 0 aliphatic heterocycles. The zero-order valence-electron chi connectivity index (χ0n) is 12.6. The van der Waals surface area contributed by atoms with Crippen LogP contribution in [0.15, 0.2) is 5.16 Å². The molecular formula is C13H29N3O3. The molecular weight excluding hydrogens is 246 g/mol. The van der Waals surface area contributed by atoms with E-state index >= 15 is 0 Å². The van der Waals surface area contributed by atoms with E-state index in [1.54, 1.807) is 7.11 Å². The van der Waals surface area contributed by atoms with E-state index in [9.17, 15) is 5.11 Å². The Morgan fingerprint density at radius 3 is 2.58 bits per heavy atom. The molecule has 19 heavy (non-hydrogen) atoms. The number of methoxy groups -OCH3 is 1. The largest absolute Gasteiger partial charge is 0.409 e. The third-order valence-electron chi connectivity index (χ3n) is 3.27. The molecule has 0 saturated heterocycles. The first-order chi connectivity index (χ1) is 8.83. The van der Waals surface area contributed by atoms with Gasteiger partial charge in [0.05, 0.1) is 12.7 Å². The highest BCUT2D eigenvalue weighted by atomic mass is 16.5. The normalized spacial score (nSPS) is 14.9. The molecule has 1 atom stereocenters. The molecule has 0 aromatic rings. The third-order valence-corrected chi connectivity index (χ3v) is 3.27. The Hall–Kier alpha value is -0.850. The standard InChI is InChI=1S/C13H29N3O3/c1-13(2,12(14)15-18)7-5-6-8-16(3)9-11(17)10-19-4/h11,17-18H,5-10H2,1-4H3,(H2,14,15). The van der Waals surface area contributed by atoms with E-state index in [2.05, 4.69) is 10.1 Å². The molecule has 4 N–H and O–H groups in total. The molecule has 6 heteroatoms.